The lowest BCUT2D eigenvalue weighted by Crippen LogP contribution is -2.03. The molecule has 5 nitrogen and oxygen atoms in total. The normalized spacial score (nSPS) is 12.1. The number of nitrogens with zero attached hydrogens (tertiary/aromatic N) is 1. The smallest absolute Gasteiger partial charge is 0.303 e. The Balaban J connectivity index is 3.02. The van der Waals surface area contributed by atoms with E-state index in [1.807, 2.05) is 0 Å². The molecular formula is C11H13NO4. The number of carbonyl (C=O) groups is 1. The maximum Gasteiger partial charge on any atom is 0.303 e. The third-order valence-electron chi connectivity index (χ3n) is 2.48. The van der Waals surface area contributed by atoms with E-state index in [2.05, 4.69) is 0 Å². The predicted molar refractivity (Wildman–Crippen MR) is 58.5 cm³/mol. The fraction of sp³-hybridized carbons (Fsp3) is 0.364. The van der Waals surface area contributed by atoms with Crippen molar-refractivity contribution >= 4 is 11.7 Å². The minimum atomic E-state index is -0.907. The second-order valence-corrected chi connectivity index (χ2v) is 3.80. The van der Waals surface area contributed by atoms with Gasteiger partial charge in [-0.2, -0.15) is 0 Å². The monoisotopic (exact) mass is 223 g/mol. The van der Waals surface area contributed by atoms with Gasteiger partial charge in [0.15, 0.2) is 0 Å². The van der Waals surface area contributed by atoms with E-state index in [9.17, 15) is 14.9 Å². The summed E-state index contributed by atoms with van der Waals surface area (Å²) in [5.41, 5.74) is 1.30. The number of hydrogen-bond donors (Lipinski definition) is 1. The van der Waals surface area contributed by atoms with Crippen molar-refractivity contribution in [2.75, 3.05) is 0 Å². The molecule has 1 aromatic carbocycles. The summed E-state index contributed by atoms with van der Waals surface area (Å²) >= 11 is 0. The van der Waals surface area contributed by atoms with Gasteiger partial charge < -0.3 is 5.11 Å². The molecule has 86 valence electrons. The molecule has 0 aliphatic rings. The maximum absolute atomic E-state index is 10.7. The molecule has 0 saturated heterocycles. The van der Waals surface area contributed by atoms with Gasteiger partial charge in [-0.1, -0.05) is 19.1 Å². The number of carboxylic acid groups (broad SMARTS) is 1. The number of carboxylic acids is 1. The summed E-state index contributed by atoms with van der Waals surface area (Å²) in [6, 6.07) is 4.82. The van der Waals surface area contributed by atoms with Crippen LogP contribution in [0.3, 0.4) is 0 Å². The Morgan fingerprint density at radius 1 is 1.56 bits per heavy atom. The average molecular weight is 223 g/mol. The van der Waals surface area contributed by atoms with E-state index in [-0.39, 0.29) is 18.0 Å². The highest BCUT2D eigenvalue weighted by atomic mass is 16.6. The Kier molecular flexibility index (Phi) is 3.60. The van der Waals surface area contributed by atoms with Crippen LogP contribution in [0.1, 0.15) is 30.4 Å². The molecule has 0 aliphatic carbocycles. The third kappa shape index (κ3) is 2.79. The first-order valence-electron chi connectivity index (χ1n) is 4.88. The number of rotatable bonds is 4. The van der Waals surface area contributed by atoms with Crippen molar-refractivity contribution in [1.29, 1.82) is 0 Å². The molecule has 1 unspecified atom stereocenters. The minimum absolute atomic E-state index is 0.0276. The Morgan fingerprint density at radius 3 is 2.69 bits per heavy atom. The van der Waals surface area contributed by atoms with Gasteiger partial charge in [-0.15, -0.1) is 0 Å². The molecule has 0 radical (unpaired) electrons. The SMILES string of the molecule is Cc1ccc(C(C)CC(=O)O)cc1[N+](=O)[O-]. The van der Waals surface area contributed by atoms with Gasteiger partial charge in [0.05, 0.1) is 11.3 Å². The predicted octanol–water partition coefficient (Wildman–Crippen LogP) is 2.48. The van der Waals surface area contributed by atoms with Crippen LogP contribution in [-0.4, -0.2) is 16.0 Å². The van der Waals surface area contributed by atoms with E-state index >= 15 is 0 Å². The number of aryl methyl sites for hydroxylation is 1. The topological polar surface area (TPSA) is 80.4 Å². The molecule has 16 heavy (non-hydrogen) atoms. The van der Waals surface area contributed by atoms with Crippen molar-refractivity contribution in [3.8, 4) is 0 Å². The number of hydrogen-bond acceptors (Lipinski definition) is 3. The lowest BCUT2D eigenvalue weighted by atomic mass is 9.96. The van der Waals surface area contributed by atoms with Crippen LogP contribution in [0.25, 0.3) is 0 Å². The quantitative estimate of drug-likeness (QED) is 0.628. The van der Waals surface area contributed by atoms with Crippen molar-refractivity contribution in [1.82, 2.24) is 0 Å². The summed E-state index contributed by atoms with van der Waals surface area (Å²) in [6.07, 6.45) is -0.0276. The minimum Gasteiger partial charge on any atom is -0.481 e. The lowest BCUT2D eigenvalue weighted by Gasteiger charge is -2.09. The number of benzene rings is 1. The van der Waals surface area contributed by atoms with Gasteiger partial charge in [0.2, 0.25) is 0 Å². The molecular weight excluding hydrogens is 210 g/mol. The third-order valence-corrected chi connectivity index (χ3v) is 2.48. The molecule has 0 aliphatic heterocycles. The van der Waals surface area contributed by atoms with E-state index in [1.165, 1.54) is 6.07 Å². The Morgan fingerprint density at radius 2 is 2.19 bits per heavy atom. The summed E-state index contributed by atoms with van der Waals surface area (Å²) in [5, 5.41) is 19.4. The molecule has 0 heterocycles. The maximum atomic E-state index is 10.7. The van der Waals surface area contributed by atoms with Crippen molar-refractivity contribution < 1.29 is 14.8 Å². The van der Waals surface area contributed by atoms with Crippen LogP contribution < -0.4 is 0 Å². The van der Waals surface area contributed by atoms with Crippen molar-refractivity contribution in [2.45, 2.75) is 26.2 Å². The Hall–Kier alpha value is -1.91. The molecule has 0 fully saturated rings. The summed E-state index contributed by atoms with van der Waals surface area (Å²) < 4.78 is 0. The van der Waals surface area contributed by atoms with Crippen LogP contribution >= 0.6 is 0 Å². The summed E-state index contributed by atoms with van der Waals surface area (Å²) in [7, 11) is 0. The number of nitro benzene ring substituents is 1. The zero-order valence-corrected chi connectivity index (χ0v) is 9.14. The van der Waals surface area contributed by atoms with Crippen LogP contribution in [0.2, 0.25) is 0 Å². The van der Waals surface area contributed by atoms with Gasteiger partial charge >= 0.3 is 5.97 Å². The molecule has 1 atom stereocenters. The number of nitro groups is 1. The van der Waals surface area contributed by atoms with E-state index in [0.29, 0.717) is 11.1 Å². The largest absolute Gasteiger partial charge is 0.481 e. The van der Waals surface area contributed by atoms with Gasteiger partial charge in [-0.25, -0.2) is 0 Å². The lowest BCUT2D eigenvalue weighted by molar-refractivity contribution is -0.385. The van der Waals surface area contributed by atoms with Gasteiger partial charge in [-0.05, 0) is 18.4 Å². The number of aliphatic carboxylic acids is 1. The molecule has 0 saturated carbocycles. The molecule has 0 spiro atoms. The van der Waals surface area contributed by atoms with Crippen molar-refractivity contribution in [2.24, 2.45) is 0 Å². The van der Waals surface area contributed by atoms with Gasteiger partial charge in [0.1, 0.15) is 0 Å². The van der Waals surface area contributed by atoms with Gasteiger partial charge in [-0.3, -0.25) is 14.9 Å². The average Bonchev–Trinajstić information content (AvgIpc) is 2.16. The highest BCUT2D eigenvalue weighted by molar-refractivity contribution is 5.68. The Bertz CT molecular complexity index is 428. The zero-order valence-electron chi connectivity index (χ0n) is 9.14. The van der Waals surface area contributed by atoms with E-state index in [4.69, 9.17) is 5.11 Å². The molecule has 1 aromatic rings. The fourth-order valence-corrected chi connectivity index (χ4v) is 1.51. The van der Waals surface area contributed by atoms with Crippen LogP contribution in [0.5, 0.6) is 0 Å². The molecule has 1 rings (SSSR count). The second-order valence-electron chi connectivity index (χ2n) is 3.80. The molecule has 1 N–H and O–H groups in total. The summed E-state index contributed by atoms with van der Waals surface area (Å²) in [6.45, 7) is 3.40. The van der Waals surface area contributed by atoms with E-state index in [0.717, 1.165) is 0 Å². The van der Waals surface area contributed by atoms with Crippen molar-refractivity contribution in [3.63, 3.8) is 0 Å². The molecule has 0 amide bonds. The summed E-state index contributed by atoms with van der Waals surface area (Å²) in [4.78, 5) is 20.8. The highest BCUT2D eigenvalue weighted by Gasteiger charge is 2.16. The van der Waals surface area contributed by atoms with Crippen molar-refractivity contribution in [3.05, 3.63) is 39.4 Å². The first kappa shape index (κ1) is 12.2. The molecule has 0 bridgehead atoms. The standard InChI is InChI=1S/C11H13NO4/c1-7-3-4-9(6-10(7)12(15)16)8(2)5-11(13)14/h3-4,6,8H,5H2,1-2H3,(H,13,14). The first-order chi connectivity index (χ1) is 7.41. The zero-order chi connectivity index (χ0) is 12.3. The highest BCUT2D eigenvalue weighted by Crippen LogP contribution is 2.25. The van der Waals surface area contributed by atoms with E-state index < -0.39 is 10.9 Å². The second kappa shape index (κ2) is 4.74. The molecule has 5 heteroatoms. The first-order valence-corrected chi connectivity index (χ1v) is 4.88. The Labute approximate surface area is 92.9 Å². The van der Waals surface area contributed by atoms with Crippen LogP contribution in [0.15, 0.2) is 18.2 Å². The van der Waals surface area contributed by atoms with Crippen LogP contribution in [-0.2, 0) is 4.79 Å². The van der Waals surface area contributed by atoms with Crippen LogP contribution in [0.4, 0.5) is 5.69 Å². The summed E-state index contributed by atoms with van der Waals surface area (Å²) in [5.74, 6) is -1.13. The molecule has 0 aromatic heterocycles. The van der Waals surface area contributed by atoms with Gasteiger partial charge in [0, 0.05) is 11.6 Å². The van der Waals surface area contributed by atoms with E-state index in [1.54, 1.807) is 26.0 Å². The van der Waals surface area contributed by atoms with Crippen LogP contribution in [0, 0.1) is 17.0 Å². The van der Waals surface area contributed by atoms with Gasteiger partial charge in [0.25, 0.3) is 5.69 Å². The fourth-order valence-electron chi connectivity index (χ4n) is 1.51.